The second-order valence-corrected chi connectivity index (χ2v) is 5.71. The number of thiazole rings is 1. The van der Waals surface area contributed by atoms with Crippen molar-refractivity contribution in [2.24, 2.45) is 0 Å². The SMILES string of the molecule is OC1c2ccccc2C(O)c2sc(-c3ccco3)nc21. The lowest BCUT2D eigenvalue weighted by Gasteiger charge is -2.24. The Morgan fingerprint density at radius 3 is 2.45 bits per heavy atom. The molecule has 0 radical (unpaired) electrons. The molecule has 5 heteroatoms. The molecule has 2 atom stereocenters. The molecule has 4 nitrogen and oxygen atoms in total. The van der Waals surface area contributed by atoms with E-state index in [-0.39, 0.29) is 0 Å². The largest absolute Gasteiger partial charge is 0.462 e. The molecule has 4 rings (SSSR count). The minimum Gasteiger partial charge on any atom is -0.462 e. The first-order valence-electron chi connectivity index (χ1n) is 6.25. The third kappa shape index (κ3) is 1.57. The smallest absolute Gasteiger partial charge is 0.162 e. The van der Waals surface area contributed by atoms with Crippen LogP contribution in [0.4, 0.5) is 0 Å². The van der Waals surface area contributed by atoms with Gasteiger partial charge < -0.3 is 14.6 Å². The summed E-state index contributed by atoms with van der Waals surface area (Å²) in [4.78, 5) is 5.12. The summed E-state index contributed by atoms with van der Waals surface area (Å²) in [5.41, 5.74) is 1.97. The van der Waals surface area contributed by atoms with Crippen LogP contribution in [-0.4, -0.2) is 15.2 Å². The molecule has 1 aliphatic carbocycles. The van der Waals surface area contributed by atoms with Crippen molar-refractivity contribution in [3.05, 3.63) is 64.4 Å². The van der Waals surface area contributed by atoms with Gasteiger partial charge in [-0.05, 0) is 23.3 Å². The molecule has 20 heavy (non-hydrogen) atoms. The number of fused-ring (bicyclic) bond motifs is 2. The lowest BCUT2D eigenvalue weighted by atomic mass is 9.89. The number of aliphatic hydroxyl groups is 2. The molecule has 0 spiro atoms. The molecule has 0 saturated heterocycles. The first-order chi connectivity index (χ1) is 9.75. The Bertz CT molecular complexity index is 717. The highest BCUT2D eigenvalue weighted by molar-refractivity contribution is 7.15. The Labute approximate surface area is 119 Å². The van der Waals surface area contributed by atoms with E-state index in [0.717, 1.165) is 5.56 Å². The predicted molar refractivity (Wildman–Crippen MR) is 74.4 cm³/mol. The quantitative estimate of drug-likeness (QED) is 0.721. The van der Waals surface area contributed by atoms with Crippen molar-refractivity contribution < 1.29 is 14.6 Å². The Morgan fingerprint density at radius 1 is 1.00 bits per heavy atom. The van der Waals surface area contributed by atoms with Crippen molar-refractivity contribution >= 4 is 11.3 Å². The Morgan fingerprint density at radius 2 is 1.75 bits per heavy atom. The average molecular weight is 285 g/mol. The highest BCUT2D eigenvalue weighted by atomic mass is 32.1. The molecular weight excluding hydrogens is 274 g/mol. The zero-order valence-corrected chi connectivity index (χ0v) is 11.2. The summed E-state index contributed by atoms with van der Waals surface area (Å²) < 4.78 is 5.33. The molecule has 1 aromatic carbocycles. The highest BCUT2D eigenvalue weighted by Crippen LogP contribution is 2.45. The van der Waals surface area contributed by atoms with Crippen LogP contribution in [0.5, 0.6) is 0 Å². The van der Waals surface area contributed by atoms with Crippen molar-refractivity contribution in [2.75, 3.05) is 0 Å². The summed E-state index contributed by atoms with van der Waals surface area (Å²) in [6.07, 6.45) is 0.0347. The van der Waals surface area contributed by atoms with Crippen molar-refractivity contribution in [1.82, 2.24) is 4.98 Å². The van der Waals surface area contributed by atoms with Gasteiger partial charge in [-0.3, -0.25) is 0 Å². The van der Waals surface area contributed by atoms with Crippen molar-refractivity contribution in [3.8, 4) is 10.8 Å². The van der Waals surface area contributed by atoms with E-state index in [1.54, 1.807) is 12.3 Å². The third-order valence-corrected chi connectivity index (χ3v) is 4.64. The maximum Gasteiger partial charge on any atom is 0.162 e. The van der Waals surface area contributed by atoms with E-state index in [2.05, 4.69) is 4.98 Å². The summed E-state index contributed by atoms with van der Waals surface area (Å²) in [7, 11) is 0. The van der Waals surface area contributed by atoms with Gasteiger partial charge in [-0.15, -0.1) is 11.3 Å². The summed E-state index contributed by atoms with van der Waals surface area (Å²) in [5.74, 6) is 0.646. The highest BCUT2D eigenvalue weighted by Gasteiger charge is 2.33. The lowest BCUT2D eigenvalue weighted by Crippen LogP contribution is -2.16. The number of rotatable bonds is 1. The molecule has 0 fully saturated rings. The molecule has 0 aliphatic heterocycles. The van der Waals surface area contributed by atoms with Gasteiger partial charge >= 0.3 is 0 Å². The topological polar surface area (TPSA) is 66.5 Å². The molecule has 1 aliphatic rings. The van der Waals surface area contributed by atoms with Crippen molar-refractivity contribution in [2.45, 2.75) is 12.2 Å². The second kappa shape index (κ2) is 4.28. The van der Waals surface area contributed by atoms with Crippen LogP contribution in [0, 0.1) is 0 Å². The number of furan rings is 1. The molecule has 3 aromatic rings. The monoisotopic (exact) mass is 285 g/mol. The first-order valence-corrected chi connectivity index (χ1v) is 7.07. The molecule has 0 amide bonds. The molecule has 2 unspecified atom stereocenters. The summed E-state index contributed by atoms with van der Waals surface area (Å²) in [6, 6.07) is 11.0. The van der Waals surface area contributed by atoms with Gasteiger partial charge in [0.2, 0.25) is 0 Å². The van der Waals surface area contributed by atoms with Crippen LogP contribution in [0.3, 0.4) is 0 Å². The zero-order valence-electron chi connectivity index (χ0n) is 10.4. The molecule has 0 saturated carbocycles. The fraction of sp³-hybridized carbons (Fsp3) is 0.133. The van der Waals surface area contributed by atoms with E-state index in [4.69, 9.17) is 4.42 Å². The van der Waals surface area contributed by atoms with E-state index in [0.29, 0.717) is 26.9 Å². The maximum atomic E-state index is 10.5. The normalized spacial score (nSPS) is 20.5. The van der Waals surface area contributed by atoms with E-state index >= 15 is 0 Å². The molecular formula is C15H11NO3S. The van der Waals surface area contributed by atoms with Crippen LogP contribution < -0.4 is 0 Å². The fourth-order valence-electron chi connectivity index (χ4n) is 2.54. The number of benzene rings is 1. The number of hydrogen-bond acceptors (Lipinski definition) is 5. The van der Waals surface area contributed by atoms with E-state index in [1.165, 1.54) is 11.3 Å². The van der Waals surface area contributed by atoms with E-state index < -0.39 is 12.2 Å². The Hall–Kier alpha value is -1.95. The number of aromatic nitrogens is 1. The van der Waals surface area contributed by atoms with Crippen LogP contribution in [0.1, 0.15) is 33.9 Å². The minimum atomic E-state index is -0.801. The minimum absolute atomic E-state index is 0.521. The maximum absolute atomic E-state index is 10.5. The summed E-state index contributed by atoms with van der Waals surface area (Å²) in [5, 5.41) is 21.6. The van der Waals surface area contributed by atoms with Crippen molar-refractivity contribution in [3.63, 3.8) is 0 Å². The van der Waals surface area contributed by atoms with Crippen LogP contribution in [-0.2, 0) is 0 Å². The van der Waals surface area contributed by atoms with Gasteiger partial charge in [0, 0.05) is 0 Å². The molecule has 100 valence electrons. The van der Waals surface area contributed by atoms with Gasteiger partial charge in [0.05, 0.1) is 16.8 Å². The average Bonchev–Trinajstić information content (AvgIpc) is 3.13. The van der Waals surface area contributed by atoms with Crippen molar-refractivity contribution in [1.29, 1.82) is 0 Å². The van der Waals surface area contributed by atoms with Gasteiger partial charge in [0.15, 0.2) is 10.8 Å². The molecule has 2 N–H and O–H groups in total. The molecule has 0 bridgehead atoms. The second-order valence-electron chi connectivity index (χ2n) is 4.68. The Balaban J connectivity index is 1.89. The Kier molecular flexibility index (Phi) is 2.53. The van der Waals surface area contributed by atoms with Crippen LogP contribution in [0.25, 0.3) is 10.8 Å². The molecule has 2 heterocycles. The fourth-order valence-corrected chi connectivity index (χ4v) is 3.61. The van der Waals surface area contributed by atoms with Crippen LogP contribution >= 0.6 is 11.3 Å². The number of nitrogens with zero attached hydrogens (tertiary/aromatic N) is 1. The molecule has 2 aromatic heterocycles. The van der Waals surface area contributed by atoms with Gasteiger partial charge in [0.1, 0.15) is 12.2 Å². The lowest BCUT2D eigenvalue weighted by molar-refractivity contribution is 0.173. The van der Waals surface area contributed by atoms with Crippen LogP contribution in [0.15, 0.2) is 47.1 Å². The predicted octanol–water partition coefficient (Wildman–Crippen LogP) is 2.88. The summed E-state index contributed by atoms with van der Waals surface area (Å²) in [6.45, 7) is 0. The van der Waals surface area contributed by atoms with Gasteiger partial charge in [-0.25, -0.2) is 4.98 Å². The van der Waals surface area contributed by atoms with E-state index in [9.17, 15) is 10.2 Å². The zero-order chi connectivity index (χ0) is 13.7. The summed E-state index contributed by atoms with van der Waals surface area (Å²) >= 11 is 1.35. The van der Waals surface area contributed by atoms with Gasteiger partial charge in [0.25, 0.3) is 0 Å². The van der Waals surface area contributed by atoms with Gasteiger partial charge in [-0.2, -0.15) is 0 Å². The van der Waals surface area contributed by atoms with Gasteiger partial charge in [-0.1, -0.05) is 24.3 Å². The standard InChI is InChI=1S/C15H11NO3S/c17-12-8-4-1-2-5-9(8)13(18)14-11(12)16-15(20-14)10-6-3-7-19-10/h1-7,12-13,17-18H. The third-order valence-electron chi connectivity index (χ3n) is 3.51. The van der Waals surface area contributed by atoms with E-state index in [1.807, 2.05) is 30.3 Å². The number of hydrogen-bond donors (Lipinski definition) is 2. The number of aliphatic hydroxyl groups excluding tert-OH is 2. The first kappa shape index (κ1) is 11.8. The van der Waals surface area contributed by atoms with Crippen LogP contribution in [0.2, 0.25) is 0 Å².